The number of nitrogens with zero attached hydrogens (tertiary/aromatic N) is 1. The highest BCUT2D eigenvalue weighted by Crippen LogP contribution is 2.15. The normalized spacial score (nSPS) is 9.95. The molecule has 2 rings (SSSR count). The van der Waals surface area contributed by atoms with Crippen molar-refractivity contribution in [1.82, 2.24) is 5.32 Å². The fourth-order valence-corrected chi connectivity index (χ4v) is 1.86. The van der Waals surface area contributed by atoms with Crippen molar-refractivity contribution in [2.75, 3.05) is 5.43 Å². The number of carbonyl (C=O) groups excluding carboxylic acids is 1. The number of anilines is 1. The highest BCUT2D eigenvalue weighted by molar-refractivity contribution is 5.99. The van der Waals surface area contributed by atoms with Gasteiger partial charge in [0.15, 0.2) is 0 Å². The molecule has 0 unspecified atom stereocenters. The summed E-state index contributed by atoms with van der Waals surface area (Å²) in [4.78, 5) is 22.3. The molecule has 108 valence electrons. The number of carbonyl (C=O) groups is 1. The van der Waals surface area contributed by atoms with Crippen LogP contribution in [0.1, 0.15) is 15.9 Å². The molecule has 2 aromatic carbocycles. The Hall–Kier alpha value is -2.93. The molecule has 0 aliphatic heterocycles. The van der Waals surface area contributed by atoms with Gasteiger partial charge in [0, 0.05) is 18.7 Å². The number of nitrogens with one attached hydrogen (secondary N) is 2. The number of para-hydroxylation sites is 1. The number of nitrogens with two attached hydrogens (primary N) is 1. The van der Waals surface area contributed by atoms with E-state index in [9.17, 15) is 14.9 Å². The van der Waals surface area contributed by atoms with E-state index in [1.54, 1.807) is 36.4 Å². The van der Waals surface area contributed by atoms with Crippen molar-refractivity contribution in [1.29, 1.82) is 0 Å². The lowest BCUT2D eigenvalue weighted by atomic mass is 10.1. The maximum absolute atomic E-state index is 12.1. The smallest absolute Gasteiger partial charge is 0.269 e. The van der Waals surface area contributed by atoms with Crippen LogP contribution in [-0.4, -0.2) is 10.8 Å². The number of nitro groups is 1. The summed E-state index contributed by atoms with van der Waals surface area (Å²) in [6, 6.07) is 12.9. The summed E-state index contributed by atoms with van der Waals surface area (Å²) in [5.41, 5.74) is 4.01. The Morgan fingerprint density at radius 1 is 1.19 bits per heavy atom. The van der Waals surface area contributed by atoms with E-state index in [-0.39, 0.29) is 18.1 Å². The lowest BCUT2D eigenvalue weighted by molar-refractivity contribution is -0.384. The van der Waals surface area contributed by atoms with E-state index in [4.69, 9.17) is 5.84 Å². The third-order valence-electron chi connectivity index (χ3n) is 2.90. The molecule has 7 heteroatoms. The first-order valence-corrected chi connectivity index (χ1v) is 6.19. The zero-order chi connectivity index (χ0) is 15.2. The molecule has 1 amide bonds. The van der Waals surface area contributed by atoms with Crippen molar-refractivity contribution < 1.29 is 9.72 Å². The van der Waals surface area contributed by atoms with Gasteiger partial charge in [-0.15, -0.1) is 0 Å². The number of benzene rings is 2. The number of hydrogen-bond acceptors (Lipinski definition) is 5. The number of hydrogen-bond donors (Lipinski definition) is 3. The Morgan fingerprint density at radius 2 is 1.95 bits per heavy atom. The maximum atomic E-state index is 12.1. The summed E-state index contributed by atoms with van der Waals surface area (Å²) in [6.07, 6.45) is 0. The van der Waals surface area contributed by atoms with Crippen LogP contribution in [0.25, 0.3) is 0 Å². The van der Waals surface area contributed by atoms with Gasteiger partial charge in [0.25, 0.3) is 11.6 Å². The third-order valence-corrected chi connectivity index (χ3v) is 2.90. The van der Waals surface area contributed by atoms with Gasteiger partial charge in [-0.25, -0.2) is 0 Å². The van der Waals surface area contributed by atoms with Crippen molar-refractivity contribution in [2.45, 2.75) is 6.54 Å². The number of nitrogen functional groups attached to an aromatic ring is 1. The quantitative estimate of drug-likeness (QED) is 0.441. The monoisotopic (exact) mass is 286 g/mol. The van der Waals surface area contributed by atoms with Gasteiger partial charge in [-0.3, -0.25) is 20.8 Å². The lowest BCUT2D eigenvalue weighted by Crippen LogP contribution is -2.24. The average molecular weight is 286 g/mol. The molecule has 0 aliphatic carbocycles. The van der Waals surface area contributed by atoms with E-state index >= 15 is 0 Å². The van der Waals surface area contributed by atoms with E-state index in [1.807, 2.05) is 0 Å². The standard InChI is InChI=1S/C14H14N4O3/c15-17-13-7-2-1-6-12(13)14(19)16-9-10-4-3-5-11(8-10)18(20)21/h1-8,17H,9,15H2,(H,16,19). The van der Waals surface area contributed by atoms with Crippen LogP contribution in [0.3, 0.4) is 0 Å². The van der Waals surface area contributed by atoms with Crippen LogP contribution >= 0.6 is 0 Å². The SMILES string of the molecule is NNc1ccccc1C(=O)NCc1cccc([N+](=O)[O-])c1. The largest absolute Gasteiger partial charge is 0.348 e. The zero-order valence-corrected chi connectivity index (χ0v) is 11.1. The van der Waals surface area contributed by atoms with Crippen molar-refractivity contribution in [3.8, 4) is 0 Å². The molecular weight excluding hydrogens is 272 g/mol. The minimum Gasteiger partial charge on any atom is -0.348 e. The third kappa shape index (κ3) is 3.54. The van der Waals surface area contributed by atoms with Crippen LogP contribution in [-0.2, 0) is 6.54 Å². The molecule has 0 heterocycles. The predicted molar refractivity (Wildman–Crippen MR) is 78.5 cm³/mol. The second-order valence-electron chi connectivity index (χ2n) is 4.30. The van der Waals surface area contributed by atoms with Crippen molar-refractivity contribution in [3.05, 3.63) is 69.8 Å². The van der Waals surface area contributed by atoms with Crippen molar-refractivity contribution in [3.63, 3.8) is 0 Å². The van der Waals surface area contributed by atoms with Crippen LogP contribution in [0.2, 0.25) is 0 Å². The van der Waals surface area contributed by atoms with E-state index in [0.29, 0.717) is 16.8 Å². The molecule has 0 radical (unpaired) electrons. The van der Waals surface area contributed by atoms with Gasteiger partial charge < -0.3 is 10.7 Å². The summed E-state index contributed by atoms with van der Waals surface area (Å²) in [5, 5.41) is 13.4. The Kier molecular flexibility index (Phi) is 4.47. The molecule has 0 aliphatic rings. The fourth-order valence-electron chi connectivity index (χ4n) is 1.86. The second kappa shape index (κ2) is 6.49. The van der Waals surface area contributed by atoms with Crippen LogP contribution in [0.5, 0.6) is 0 Å². The molecule has 0 bridgehead atoms. The van der Waals surface area contributed by atoms with Gasteiger partial charge in [-0.05, 0) is 17.7 Å². The Bertz CT molecular complexity index is 673. The first kappa shape index (κ1) is 14.5. The van der Waals surface area contributed by atoms with Crippen molar-refractivity contribution >= 4 is 17.3 Å². The summed E-state index contributed by atoms with van der Waals surface area (Å²) in [5.74, 6) is 5.03. The lowest BCUT2D eigenvalue weighted by Gasteiger charge is -2.09. The summed E-state index contributed by atoms with van der Waals surface area (Å²) in [7, 11) is 0. The first-order chi connectivity index (χ1) is 10.1. The van der Waals surface area contributed by atoms with Crippen molar-refractivity contribution in [2.24, 2.45) is 5.84 Å². The van der Waals surface area contributed by atoms with Gasteiger partial charge in [0.1, 0.15) is 0 Å². The van der Waals surface area contributed by atoms with Crippen LogP contribution in [0.15, 0.2) is 48.5 Å². The highest BCUT2D eigenvalue weighted by Gasteiger charge is 2.11. The topological polar surface area (TPSA) is 110 Å². The summed E-state index contributed by atoms with van der Waals surface area (Å²) in [6.45, 7) is 0.194. The number of amides is 1. The molecule has 0 aromatic heterocycles. The van der Waals surface area contributed by atoms with Crippen LogP contribution in [0.4, 0.5) is 11.4 Å². The molecule has 0 spiro atoms. The number of non-ortho nitro benzene ring substituents is 1. The van der Waals surface area contributed by atoms with Crippen LogP contribution in [0, 0.1) is 10.1 Å². The average Bonchev–Trinajstić information content (AvgIpc) is 2.52. The van der Waals surface area contributed by atoms with Gasteiger partial charge in [-0.2, -0.15) is 0 Å². The van der Waals surface area contributed by atoms with Gasteiger partial charge in [-0.1, -0.05) is 24.3 Å². The highest BCUT2D eigenvalue weighted by atomic mass is 16.6. The van der Waals surface area contributed by atoms with Gasteiger partial charge in [0.2, 0.25) is 0 Å². The molecule has 7 nitrogen and oxygen atoms in total. The molecule has 0 saturated heterocycles. The Labute approximate surface area is 120 Å². The van der Waals surface area contributed by atoms with Gasteiger partial charge >= 0.3 is 0 Å². The summed E-state index contributed by atoms with van der Waals surface area (Å²) < 4.78 is 0. The minimum atomic E-state index is -0.473. The summed E-state index contributed by atoms with van der Waals surface area (Å²) >= 11 is 0. The number of hydrazine groups is 1. The zero-order valence-electron chi connectivity index (χ0n) is 11.1. The molecule has 0 atom stereocenters. The minimum absolute atomic E-state index is 0.00854. The Morgan fingerprint density at radius 3 is 2.67 bits per heavy atom. The molecule has 0 fully saturated rings. The predicted octanol–water partition coefficient (Wildman–Crippen LogP) is 1.81. The molecular formula is C14H14N4O3. The molecule has 21 heavy (non-hydrogen) atoms. The van der Waals surface area contributed by atoms with E-state index < -0.39 is 4.92 Å². The molecule has 0 saturated carbocycles. The Balaban J connectivity index is 2.07. The van der Waals surface area contributed by atoms with E-state index in [2.05, 4.69) is 10.7 Å². The molecule has 4 N–H and O–H groups in total. The van der Waals surface area contributed by atoms with E-state index in [1.165, 1.54) is 12.1 Å². The van der Waals surface area contributed by atoms with E-state index in [0.717, 1.165) is 0 Å². The fraction of sp³-hybridized carbons (Fsp3) is 0.0714. The molecule has 2 aromatic rings. The van der Waals surface area contributed by atoms with Crippen LogP contribution < -0.4 is 16.6 Å². The second-order valence-corrected chi connectivity index (χ2v) is 4.30. The maximum Gasteiger partial charge on any atom is 0.269 e. The number of nitro benzene ring substituents is 1. The number of rotatable bonds is 5. The van der Waals surface area contributed by atoms with Gasteiger partial charge in [0.05, 0.1) is 16.2 Å². The first-order valence-electron chi connectivity index (χ1n) is 6.19.